The highest BCUT2D eigenvalue weighted by Crippen LogP contribution is 2.42. The Balaban J connectivity index is 0.620. The lowest BCUT2D eigenvalue weighted by atomic mass is 9.77. The van der Waals surface area contributed by atoms with Crippen LogP contribution in [-0.4, -0.2) is 133 Å². The van der Waals surface area contributed by atoms with E-state index in [1.54, 1.807) is 29.5 Å². The molecule has 11 rings (SSSR count). The first-order valence-electron chi connectivity index (χ1n) is 28.4. The number of pyridine rings is 1. The molecule has 18 nitrogen and oxygen atoms in total. The van der Waals surface area contributed by atoms with Crippen LogP contribution in [0.15, 0.2) is 89.0 Å². The first kappa shape index (κ1) is 54.1. The number of aliphatic hydroxyl groups is 1. The molecule has 4 aliphatic heterocycles. The van der Waals surface area contributed by atoms with E-state index in [1.165, 1.54) is 4.90 Å². The molecule has 1 saturated carbocycles. The summed E-state index contributed by atoms with van der Waals surface area (Å²) < 4.78 is 18.5. The van der Waals surface area contributed by atoms with Crippen LogP contribution in [0.25, 0.3) is 21.7 Å². The number of amides is 2. The van der Waals surface area contributed by atoms with Crippen molar-refractivity contribution in [2.75, 3.05) is 54.9 Å². The minimum atomic E-state index is -0.824. The largest absolute Gasteiger partial charge is 0.507 e. The predicted octanol–water partition coefficient (Wildman–Crippen LogP) is 8.66. The number of nitrogens with one attached hydrogen (secondary N) is 1. The van der Waals surface area contributed by atoms with Crippen molar-refractivity contribution in [2.24, 2.45) is 23.7 Å². The van der Waals surface area contributed by atoms with Crippen LogP contribution in [0, 0.1) is 30.6 Å². The highest BCUT2D eigenvalue weighted by Gasteiger charge is 2.45. The average molecular weight is 1090 g/mol. The van der Waals surface area contributed by atoms with Gasteiger partial charge in [0.15, 0.2) is 11.6 Å². The predicted molar refractivity (Wildman–Crippen MR) is 304 cm³/mol. The van der Waals surface area contributed by atoms with Gasteiger partial charge < -0.3 is 54.9 Å². The number of piperidine rings is 1. The summed E-state index contributed by atoms with van der Waals surface area (Å²) >= 11 is 1.60. The second-order valence-electron chi connectivity index (χ2n) is 23.2. The average Bonchev–Trinajstić information content (AvgIpc) is 4.40. The molecule has 2 aromatic carbocycles. The summed E-state index contributed by atoms with van der Waals surface area (Å²) in [7, 11) is 0. The van der Waals surface area contributed by atoms with Crippen molar-refractivity contribution >= 4 is 40.3 Å². The Hall–Kier alpha value is -6.83. The van der Waals surface area contributed by atoms with Crippen molar-refractivity contribution in [3.05, 3.63) is 102 Å². The number of ether oxygens (including phenoxy) is 2. The number of nitrogen functional groups attached to an aromatic ring is 1. The van der Waals surface area contributed by atoms with Gasteiger partial charge in [0.25, 0.3) is 5.88 Å². The van der Waals surface area contributed by atoms with Gasteiger partial charge in [-0.1, -0.05) is 57.2 Å². The number of β-amino-alcohol motifs (C(OH)–C–C–N with tert-alkyl or cyclic N) is 1. The Morgan fingerprint density at radius 1 is 0.924 bits per heavy atom. The number of nitrogens with two attached hydrogens (primary N) is 1. The number of piperazine rings is 1. The molecule has 4 aromatic heterocycles. The Labute approximate surface area is 466 Å². The van der Waals surface area contributed by atoms with Crippen LogP contribution < -0.4 is 30.3 Å². The fraction of sp³-hybridized carbons (Fsp3) is 0.517. The number of fused-ring (bicyclic) bond motifs is 2. The molecule has 1 aliphatic carbocycles. The van der Waals surface area contributed by atoms with E-state index in [9.17, 15) is 19.8 Å². The molecule has 19 heteroatoms. The molecule has 5 N–H and O–H groups in total. The fourth-order valence-electron chi connectivity index (χ4n) is 13.1. The van der Waals surface area contributed by atoms with Gasteiger partial charge >= 0.3 is 0 Å². The normalized spacial score (nSPS) is 25.8. The Kier molecular flexibility index (Phi) is 15.8. The number of thiazole rings is 1. The van der Waals surface area contributed by atoms with Gasteiger partial charge in [-0.15, -0.1) is 21.5 Å². The third-order valence-electron chi connectivity index (χ3n) is 17.8. The zero-order valence-electron chi connectivity index (χ0n) is 46.1. The summed E-state index contributed by atoms with van der Waals surface area (Å²) in [6.07, 6.45) is 7.51. The number of carbonyl (C=O) groups is 2. The molecule has 5 aliphatic rings. The number of para-hydroxylation sites is 1. The van der Waals surface area contributed by atoms with Crippen molar-refractivity contribution in [3.8, 4) is 39.2 Å². The molecule has 0 radical (unpaired) electrons. The molecule has 5 fully saturated rings. The number of aryl methyl sites for hydroxylation is 1. The van der Waals surface area contributed by atoms with Crippen molar-refractivity contribution < 1.29 is 33.8 Å². The number of benzene rings is 2. The lowest BCUT2D eigenvalue weighted by Crippen LogP contribution is -2.54. The third kappa shape index (κ3) is 11.5. The number of rotatable bonds is 18. The minimum absolute atomic E-state index is 0.0605. The van der Waals surface area contributed by atoms with Crippen molar-refractivity contribution in [1.29, 1.82) is 0 Å². The minimum Gasteiger partial charge on any atom is -0.507 e. The van der Waals surface area contributed by atoms with Gasteiger partial charge in [0, 0.05) is 80.3 Å². The summed E-state index contributed by atoms with van der Waals surface area (Å²) in [5, 5.41) is 37.2. The SMILES string of the molecule is Cc1ncsc1-c1ccc([C@H](C)NC(=O)[C@@H]2C[C@@H](O)CN2C(=O)[C@H](c2cc(OCC[C@@H]3CCN(C[C@H]4C[C@H](Oc5cc(N6C7CCC6CN(c6cc(-c8ccccc8O)nnc6N)C7)ccn5)C4)[C@H](C)[C@@H]3C)no2)C(C)C)cc1. The molecule has 2 bridgehead atoms. The number of aromatic nitrogens is 5. The lowest BCUT2D eigenvalue weighted by molar-refractivity contribution is -0.141. The van der Waals surface area contributed by atoms with Gasteiger partial charge in [0.1, 0.15) is 23.8 Å². The maximum atomic E-state index is 14.3. The van der Waals surface area contributed by atoms with E-state index in [0.29, 0.717) is 77.1 Å². The number of nitrogens with zero attached hydrogens (tertiary/aromatic N) is 9. The number of likely N-dealkylation sites (tertiary alicyclic amines) is 2. The van der Waals surface area contributed by atoms with E-state index in [0.717, 1.165) is 97.8 Å². The molecule has 2 unspecified atom stereocenters. The molecule has 79 heavy (non-hydrogen) atoms. The number of aliphatic hydroxyl groups excluding tert-OH is 1. The number of carbonyl (C=O) groups excluding carboxylic acids is 2. The van der Waals surface area contributed by atoms with Crippen molar-refractivity contribution in [1.82, 2.24) is 40.4 Å². The molecule has 6 aromatic rings. The van der Waals surface area contributed by atoms with E-state index >= 15 is 0 Å². The smallest absolute Gasteiger partial charge is 0.254 e. The first-order chi connectivity index (χ1) is 38.1. The van der Waals surface area contributed by atoms with Crippen LogP contribution in [0.1, 0.15) is 109 Å². The van der Waals surface area contributed by atoms with Crippen LogP contribution in [0.4, 0.5) is 17.2 Å². The first-order valence-corrected chi connectivity index (χ1v) is 29.2. The van der Waals surface area contributed by atoms with Crippen molar-refractivity contribution in [3.63, 3.8) is 0 Å². The van der Waals surface area contributed by atoms with Gasteiger partial charge in [-0.3, -0.25) is 9.59 Å². The quantitative estimate of drug-likeness (QED) is 0.0632. The van der Waals surface area contributed by atoms with Gasteiger partial charge in [0.2, 0.25) is 17.7 Å². The van der Waals surface area contributed by atoms with E-state index in [-0.39, 0.29) is 48.6 Å². The lowest BCUT2D eigenvalue weighted by Gasteiger charge is -2.46. The molecular formula is C60H75N11O7S. The topological polar surface area (TPSA) is 222 Å². The summed E-state index contributed by atoms with van der Waals surface area (Å²) in [6.45, 7) is 16.8. The second kappa shape index (κ2) is 23.1. The highest BCUT2D eigenvalue weighted by molar-refractivity contribution is 7.13. The number of hydrogen-bond acceptors (Lipinski definition) is 17. The Morgan fingerprint density at radius 3 is 2.43 bits per heavy atom. The number of anilines is 3. The molecule has 0 spiro atoms. The zero-order valence-corrected chi connectivity index (χ0v) is 47.0. The molecule has 2 amide bonds. The number of phenols is 1. The summed E-state index contributed by atoms with van der Waals surface area (Å²) in [5.41, 5.74) is 14.5. The summed E-state index contributed by atoms with van der Waals surface area (Å²) in [4.78, 5) is 47.3. The van der Waals surface area contributed by atoms with Gasteiger partial charge in [-0.2, -0.15) is 0 Å². The van der Waals surface area contributed by atoms with E-state index < -0.39 is 18.1 Å². The number of hydrogen-bond donors (Lipinski definition) is 4. The van der Waals surface area contributed by atoms with Crippen LogP contribution in [0.2, 0.25) is 0 Å². The Morgan fingerprint density at radius 2 is 1.70 bits per heavy atom. The summed E-state index contributed by atoms with van der Waals surface area (Å²) in [5.74, 6) is 2.04. The van der Waals surface area contributed by atoms with Crippen LogP contribution >= 0.6 is 11.3 Å². The highest BCUT2D eigenvalue weighted by atomic mass is 32.1. The molecular weight excluding hydrogens is 1020 g/mol. The van der Waals surface area contributed by atoms with E-state index in [2.05, 4.69) is 71.3 Å². The monoisotopic (exact) mass is 1090 g/mol. The second-order valence-corrected chi connectivity index (χ2v) is 24.1. The number of phenolic OH excluding ortho intramolecular Hbond substituents is 1. The molecule has 8 heterocycles. The Bertz CT molecular complexity index is 3080. The number of aromatic hydroxyl groups is 1. The van der Waals surface area contributed by atoms with Crippen LogP contribution in [0.3, 0.4) is 0 Å². The van der Waals surface area contributed by atoms with Gasteiger partial charge in [-0.05, 0) is 130 Å². The van der Waals surface area contributed by atoms with Crippen LogP contribution in [0.5, 0.6) is 17.5 Å². The molecule has 4 saturated heterocycles. The fourth-order valence-corrected chi connectivity index (χ4v) is 14.0. The molecule has 418 valence electrons. The van der Waals surface area contributed by atoms with E-state index in [1.807, 2.05) is 81.9 Å². The standard InChI is InChI=1S/C60H75N11O7S/c1-34(2)56(60(75)70-32-46(72)26-51(70)59(74)64-36(4)41-11-13-42(14-12-41)57-37(5)63-33-79-57)53-28-55(67-78-53)76-22-19-40-18-21-68(38(6)35(40)3)29-39-23-47(24-39)77-54-25-43(17-20-62-54)71-44-15-16-45(71)31-69(30-44)50-27-49(65-66-58(50)61)48-9-7-8-10-52(48)73/h7-14,17,20,25,27-28,33-36,38-40,44-47,51,56,72-73H,15-16,18-19,21-24,26,29-32H2,1-6H3,(H2,61,66)(H,64,74)/t35-,36-,38+,39-,40-,44?,45?,46+,47-,51-,56-/m0/s1. The molecule has 9 atom stereocenters. The van der Waals surface area contributed by atoms with E-state index in [4.69, 9.17) is 19.7 Å². The van der Waals surface area contributed by atoms with Gasteiger partial charge in [-0.25, -0.2) is 9.97 Å². The maximum absolute atomic E-state index is 14.3. The van der Waals surface area contributed by atoms with Gasteiger partial charge in [0.05, 0.1) is 46.2 Å². The van der Waals surface area contributed by atoms with Crippen LogP contribution in [-0.2, 0) is 9.59 Å². The van der Waals surface area contributed by atoms with Crippen molar-refractivity contribution in [2.45, 2.75) is 135 Å². The maximum Gasteiger partial charge on any atom is 0.254 e. The summed E-state index contributed by atoms with van der Waals surface area (Å²) in [6, 6.07) is 23.0. The third-order valence-corrected chi connectivity index (χ3v) is 18.8. The zero-order chi connectivity index (χ0) is 55.1.